The quantitative estimate of drug-likeness (QED) is 0.604. The fourth-order valence-electron chi connectivity index (χ4n) is 3.26. The van der Waals surface area contributed by atoms with Gasteiger partial charge in [0.05, 0.1) is 35.3 Å². The molecule has 2 aromatic heterocycles. The highest BCUT2D eigenvalue weighted by atomic mass is 35.5. The van der Waals surface area contributed by atoms with Crippen LogP contribution in [-0.2, 0) is 21.8 Å². The normalized spacial score (nSPS) is 14.6. The van der Waals surface area contributed by atoms with E-state index < -0.39 is 10.0 Å². The van der Waals surface area contributed by atoms with Crippen molar-refractivity contribution in [2.24, 2.45) is 7.05 Å². The Labute approximate surface area is 189 Å². The van der Waals surface area contributed by atoms with Gasteiger partial charge in [0.15, 0.2) is 0 Å². The lowest BCUT2D eigenvalue weighted by atomic mass is 10.3. The highest BCUT2D eigenvalue weighted by Gasteiger charge is 2.25. The fraction of sp³-hybridized carbons (Fsp3) is 0.300. The van der Waals surface area contributed by atoms with Crippen LogP contribution >= 0.6 is 22.9 Å². The van der Waals surface area contributed by atoms with Crippen LogP contribution in [0.2, 0.25) is 5.02 Å². The molecule has 1 amide bonds. The van der Waals surface area contributed by atoms with E-state index in [1.54, 1.807) is 53.8 Å². The second kappa shape index (κ2) is 8.62. The second-order valence-corrected chi connectivity index (χ2v) is 10.2. The summed E-state index contributed by atoms with van der Waals surface area (Å²) in [7, 11) is -2.11. The smallest absolute Gasteiger partial charge is 0.266 e. The van der Waals surface area contributed by atoms with Gasteiger partial charge in [0.1, 0.15) is 14.8 Å². The number of ether oxygens (including phenoxy) is 1. The maximum absolute atomic E-state index is 12.9. The largest absolute Gasteiger partial charge is 0.378 e. The number of para-hydroxylation sites is 1. The summed E-state index contributed by atoms with van der Waals surface area (Å²) < 4.78 is 35.2. The molecule has 0 aliphatic carbocycles. The molecule has 31 heavy (non-hydrogen) atoms. The first-order valence-corrected chi connectivity index (χ1v) is 12.2. The van der Waals surface area contributed by atoms with E-state index >= 15 is 0 Å². The van der Waals surface area contributed by atoms with Crippen molar-refractivity contribution in [1.29, 1.82) is 0 Å². The standard InChI is InChI=1S/C20H21ClN4O4S2/c1-13-18(20(26)25-7-9-29-10-8-25)30-19(22-13)17-11-14(12-24(17)2)31(27,28)23-16-6-4-3-5-15(16)21/h3-6,11-12,23H,7-10H2,1-2H3. The molecule has 0 radical (unpaired) electrons. The molecule has 0 unspecified atom stereocenters. The third kappa shape index (κ3) is 4.47. The van der Waals surface area contributed by atoms with Gasteiger partial charge in [-0.15, -0.1) is 11.3 Å². The molecule has 1 aromatic carbocycles. The molecule has 1 fully saturated rings. The van der Waals surface area contributed by atoms with Crippen molar-refractivity contribution in [2.45, 2.75) is 11.8 Å². The first-order chi connectivity index (χ1) is 14.8. The fourth-order valence-corrected chi connectivity index (χ4v) is 5.74. The SMILES string of the molecule is Cc1nc(-c2cc(S(=O)(=O)Nc3ccccc3Cl)cn2C)sc1C(=O)N1CCOCC1. The van der Waals surface area contributed by atoms with Crippen molar-refractivity contribution in [1.82, 2.24) is 14.5 Å². The lowest BCUT2D eigenvalue weighted by Gasteiger charge is -2.26. The number of anilines is 1. The van der Waals surface area contributed by atoms with Crippen molar-refractivity contribution in [3.63, 3.8) is 0 Å². The molecule has 0 bridgehead atoms. The maximum Gasteiger partial charge on any atom is 0.266 e. The number of aryl methyl sites for hydroxylation is 2. The van der Waals surface area contributed by atoms with Gasteiger partial charge in [-0.1, -0.05) is 23.7 Å². The highest BCUT2D eigenvalue weighted by Crippen LogP contribution is 2.32. The van der Waals surface area contributed by atoms with E-state index in [0.29, 0.717) is 58.3 Å². The number of benzene rings is 1. The topological polar surface area (TPSA) is 93.5 Å². The van der Waals surface area contributed by atoms with Crippen molar-refractivity contribution in [2.75, 3.05) is 31.0 Å². The molecule has 3 aromatic rings. The minimum absolute atomic E-state index is 0.0769. The van der Waals surface area contributed by atoms with Crippen LogP contribution in [0.5, 0.6) is 0 Å². The van der Waals surface area contributed by atoms with Crippen LogP contribution in [0.25, 0.3) is 10.7 Å². The van der Waals surface area contributed by atoms with Crippen molar-refractivity contribution in [3.05, 3.63) is 52.1 Å². The van der Waals surface area contributed by atoms with Gasteiger partial charge in [-0.2, -0.15) is 0 Å². The zero-order valence-corrected chi connectivity index (χ0v) is 19.4. The monoisotopic (exact) mass is 480 g/mol. The predicted octanol–water partition coefficient (Wildman–Crippen LogP) is 3.38. The number of rotatable bonds is 5. The van der Waals surface area contributed by atoms with Gasteiger partial charge in [0.25, 0.3) is 15.9 Å². The summed E-state index contributed by atoms with van der Waals surface area (Å²) >= 11 is 7.34. The van der Waals surface area contributed by atoms with Crippen LogP contribution in [0.1, 0.15) is 15.4 Å². The molecule has 1 aliphatic rings. The molecule has 1 saturated heterocycles. The summed E-state index contributed by atoms with van der Waals surface area (Å²) in [5, 5.41) is 0.889. The predicted molar refractivity (Wildman–Crippen MR) is 120 cm³/mol. The summed E-state index contributed by atoms with van der Waals surface area (Å²) in [6.45, 7) is 3.92. The Morgan fingerprint density at radius 3 is 2.68 bits per heavy atom. The van der Waals surface area contributed by atoms with E-state index in [1.807, 2.05) is 0 Å². The number of nitrogens with one attached hydrogen (secondary N) is 1. The molecule has 1 N–H and O–H groups in total. The first kappa shape index (κ1) is 21.8. The van der Waals surface area contributed by atoms with Crippen LogP contribution in [0.4, 0.5) is 5.69 Å². The number of carbonyl (C=O) groups excluding carboxylic acids is 1. The number of halogens is 1. The van der Waals surface area contributed by atoms with Crippen LogP contribution in [0, 0.1) is 6.92 Å². The van der Waals surface area contributed by atoms with Gasteiger partial charge in [-0.05, 0) is 25.1 Å². The summed E-state index contributed by atoms with van der Waals surface area (Å²) in [5.41, 5.74) is 1.53. The number of sulfonamides is 1. The minimum atomic E-state index is -3.85. The zero-order chi connectivity index (χ0) is 22.2. The summed E-state index contributed by atoms with van der Waals surface area (Å²) in [6, 6.07) is 8.17. The van der Waals surface area contributed by atoms with E-state index in [0.717, 1.165) is 0 Å². The van der Waals surface area contributed by atoms with Crippen LogP contribution in [0.15, 0.2) is 41.4 Å². The second-order valence-electron chi connectivity index (χ2n) is 7.10. The number of aromatic nitrogens is 2. The van der Waals surface area contributed by atoms with Crippen molar-refractivity contribution < 1.29 is 17.9 Å². The van der Waals surface area contributed by atoms with Gasteiger partial charge in [0, 0.05) is 26.3 Å². The summed E-state index contributed by atoms with van der Waals surface area (Å²) in [5.74, 6) is -0.0769. The Kier molecular flexibility index (Phi) is 6.07. The number of amides is 1. The maximum atomic E-state index is 12.9. The zero-order valence-electron chi connectivity index (χ0n) is 17.0. The van der Waals surface area contributed by atoms with E-state index in [9.17, 15) is 13.2 Å². The number of nitrogens with zero attached hydrogens (tertiary/aromatic N) is 3. The summed E-state index contributed by atoms with van der Waals surface area (Å²) in [6.07, 6.45) is 1.51. The van der Waals surface area contributed by atoms with E-state index in [2.05, 4.69) is 9.71 Å². The van der Waals surface area contributed by atoms with E-state index in [4.69, 9.17) is 16.3 Å². The molecule has 3 heterocycles. The lowest BCUT2D eigenvalue weighted by molar-refractivity contribution is 0.0305. The average molecular weight is 481 g/mol. The Hall–Kier alpha value is -2.40. The molecule has 4 rings (SSSR count). The molecule has 11 heteroatoms. The van der Waals surface area contributed by atoms with Gasteiger partial charge in [-0.25, -0.2) is 13.4 Å². The van der Waals surface area contributed by atoms with Crippen LogP contribution in [-0.4, -0.2) is 55.1 Å². The Morgan fingerprint density at radius 1 is 1.26 bits per heavy atom. The highest BCUT2D eigenvalue weighted by molar-refractivity contribution is 7.92. The summed E-state index contributed by atoms with van der Waals surface area (Å²) in [4.78, 5) is 19.8. The number of morpholine rings is 1. The number of hydrogen-bond acceptors (Lipinski definition) is 6. The number of hydrogen-bond donors (Lipinski definition) is 1. The van der Waals surface area contributed by atoms with E-state index in [-0.39, 0.29) is 10.8 Å². The third-order valence-electron chi connectivity index (χ3n) is 4.92. The Bertz CT molecular complexity index is 1230. The van der Waals surface area contributed by atoms with Crippen LogP contribution in [0.3, 0.4) is 0 Å². The van der Waals surface area contributed by atoms with E-state index in [1.165, 1.54) is 17.5 Å². The molecule has 8 nitrogen and oxygen atoms in total. The molecule has 0 saturated carbocycles. The van der Waals surface area contributed by atoms with Crippen molar-refractivity contribution >= 4 is 44.6 Å². The van der Waals surface area contributed by atoms with Gasteiger partial charge in [-0.3, -0.25) is 9.52 Å². The van der Waals surface area contributed by atoms with Gasteiger partial charge in [0.2, 0.25) is 0 Å². The number of carbonyl (C=O) groups is 1. The lowest BCUT2D eigenvalue weighted by Crippen LogP contribution is -2.40. The molecule has 1 aliphatic heterocycles. The van der Waals surface area contributed by atoms with Crippen molar-refractivity contribution in [3.8, 4) is 10.7 Å². The van der Waals surface area contributed by atoms with Gasteiger partial charge >= 0.3 is 0 Å². The molecule has 164 valence electrons. The first-order valence-electron chi connectivity index (χ1n) is 9.55. The Morgan fingerprint density at radius 2 is 1.97 bits per heavy atom. The average Bonchev–Trinajstić information content (AvgIpc) is 3.33. The molecule has 0 spiro atoms. The molecular formula is C20H21ClN4O4S2. The molecule has 0 atom stereocenters. The molecular weight excluding hydrogens is 460 g/mol. The third-order valence-corrected chi connectivity index (χ3v) is 7.75. The van der Waals surface area contributed by atoms with Gasteiger partial charge < -0.3 is 14.2 Å². The Balaban J connectivity index is 1.62. The number of thiazole rings is 1. The van der Waals surface area contributed by atoms with Crippen LogP contribution < -0.4 is 4.72 Å². The minimum Gasteiger partial charge on any atom is -0.378 e.